The van der Waals surface area contributed by atoms with E-state index in [0.717, 1.165) is 19.4 Å². The highest BCUT2D eigenvalue weighted by atomic mass is 35.5. The number of hydrogen-bond donors (Lipinski definition) is 2. The van der Waals surface area contributed by atoms with Crippen molar-refractivity contribution in [2.75, 3.05) is 34.4 Å². The second-order valence-electron chi connectivity index (χ2n) is 5.01. The van der Waals surface area contributed by atoms with Gasteiger partial charge in [-0.05, 0) is 19.4 Å². The van der Waals surface area contributed by atoms with Crippen LogP contribution in [-0.4, -0.2) is 48.9 Å². The Bertz CT molecular complexity index is 593. The highest BCUT2D eigenvalue weighted by Gasteiger charge is 2.27. The molecule has 2 rings (SSSR count). The average molecular weight is 367 g/mol. The van der Waals surface area contributed by atoms with Crippen molar-refractivity contribution in [3.05, 3.63) is 12.1 Å². The van der Waals surface area contributed by atoms with Crippen LogP contribution in [0.4, 0.5) is 0 Å². The van der Waals surface area contributed by atoms with Crippen LogP contribution < -0.4 is 24.2 Å². The molecule has 1 saturated heterocycles. The van der Waals surface area contributed by atoms with E-state index in [0.29, 0.717) is 12.3 Å². The number of halogens is 1. The van der Waals surface area contributed by atoms with E-state index in [-0.39, 0.29) is 34.8 Å². The van der Waals surface area contributed by atoms with E-state index < -0.39 is 10.0 Å². The SMILES string of the molecule is COc1cc(OC)c(S(=O)(=O)NCC2CCCN2)c(OC)c1.Cl. The Kier molecular flexibility index (Phi) is 7.40. The second kappa shape index (κ2) is 8.58. The van der Waals surface area contributed by atoms with Gasteiger partial charge in [0.1, 0.15) is 17.2 Å². The molecule has 1 heterocycles. The van der Waals surface area contributed by atoms with Crippen molar-refractivity contribution >= 4 is 22.4 Å². The fourth-order valence-electron chi connectivity index (χ4n) is 2.45. The molecule has 2 N–H and O–H groups in total. The summed E-state index contributed by atoms with van der Waals surface area (Å²) in [6.07, 6.45) is 2.01. The molecular weight excluding hydrogens is 344 g/mol. The standard InChI is InChI=1S/C14H22N2O5S.ClH/c1-19-11-7-12(20-2)14(13(8-11)21-3)22(17,18)16-9-10-5-4-6-15-10;/h7-8,10,15-16H,4-6,9H2,1-3H3;1H. The quantitative estimate of drug-likeness (QED) is 0.753. The van der Waals surface area contributed by atoms with Crippen molar-refractivity contribution in [1.82, 2.24) is 10.0 Å². The first-order chi connectivity index (χ1) is 10.5. The molecule has 0 amide bonds. The molecule has 1 fully saturated rings. The van der Waals surface area contributed by atoms with E-state index in [1.807, 2.05) is 0 Å². The summed E-state index contributed by atoms with van der Waals surface area (Å²) in [6, 6.07) is 3.19. The monoisotopic (exact) mass is 366 g/mol. The molecule has 1 aromatic carbocycles. The maximum atomic E-state index is 12.6. The van der Waals surface area contributed by atoms with Crippen molar-refractivity contribution in [1.29, 1.82) is 0 Å². The lowest BCUT2D eigenvalue weighted by Crippen LogP contribution is -2.37. The molecule has 0 aromatic heterocycles. The molecule has 132 valence electrons. The number of rotatable bonds is 7. The van der Waals surface area contributed by atoms with Gasteiger partial charge >= 0.3 is 0 Å². The molecular formula is C14H23ClN2O5S. The third-order valence-corrected chi connectivity index (χ3v) is 5.11. The second-order valence-corrected chi connectivity index (χ2v) is 6.71. The van der Waals surface area contributed by atoms with Crippen molar-refractivity contribution < 1.29 is 22.6 Å². The van der Waals surface area contributed by atoms with Gasteiger partial charge in [-0.1, -0.05) is 0 Å². The first-order valence-electron chi connectivity index (χ1n) is 7.05. The van der Waals surface area contributed by atoms with E-state index in [9.17, 15) is 8.42 Å². The van der Waals surface area contributed by atoms with E-state index >= 15 is 0 Å². The van der Waals surface area contributed by atoms with Gasteiger partial charge in [-0.25, -0.2) is 13.1 Å². The van der Waals surface area contributed by atoms with Gasteiger partial charge in [0.05, 0.1) is 21.3 Å². The molecule has 1 aliphatic rings. The zero-order chi connectivity index (χ0) is 16.2. The van der Waals surface area contributed by atoms with Crippen LogP contribution in [-0.2, 0) is 10.0 Å². The summed E-state index contributed by atoms with van der Waals surface area (Å²) in [5.41, 5.74) is 0. The van der Waals surface area contributed by atoms with Gasteiger partial charge in [0.25, 0.3) is 0 Å². The predicted octanol–water partition coefficient (Wildman–Crippen LogP) is 1.16. The molecule has 0 aliphatic carbocycles. The van der Waals surface area contributed by atoms with E-state index in [4.69, 9.17) is 14.2 Å². The molecule has 0 radical (unpaired) electrons. The molecule has 1 unspecified atom stereocenters. The highest BCUT2D eigenvalue weighted by Crippen LogP contribution is 2.37. The fourth-order valence-corrected chi connectivity index (χ4v) is 3.83. The molecule has 7 nitrogen and oxygen atoms in total. The number of methoxy groups -OCH3 is 3. The van der Waals surface area contributed by atoms with Crippen LogP contribution >= 0.6 is 12.4 Å². The number of benzene rings is 1. The van der Waals surface area contributed by atoms with Gasteiger partial charge in [-0.15, -0.1) is 12.4 Å². The van der Waals surface area contributed by atoms with Crippen molar-refractivity contribution in [2.24, 2.45) is 0 Å². The normalized spacial score (nSPS) is 17.4. The van der Waals surface area contributed by atoms with Crippen molar-refractivity contribution in [3.8, 4) is 17.2 Å². The zero-order valence-electron chi connectivity index (χ0n) is 13.4. The lowest BCUT2D eigenvalue weighted by molar-refractivity contribution is 0.358. The fraction of sp³-hybridized carbons (Fsp3) is 0.571. The van der Waals surface area contributed by atoms with E-state index in [1.54, 1.807) is 0 Å². The van der Waals surface area contributed by atoms with Gasteiger partial charge < -0.3 is 19.5 Å². The number of ether oxygens (including phenoxy) is 3. The number of nitrogens with one attached hydrogen (secondary N) is 2. The summed E-state index contributed by atoms with van der Waals surface area (Å²) in [4.78, 5) is -0.0173. The first-order valence-corrected chi connectivity index (χ1v) is 8.53. The Morgan fingerprint density at radius 1 is 1.17 bits per heavy atom. The molecule has 23 heavy (non-hydrogen) atoms. The lowest BCUT2D eigenvalue weighted by Gasteiger charge is -2.17. The zero-order valence-corrected chi connectivity index (χ0v) is 15.1. The Morgan fingerprint density at radius 2 is 1.78 bits per heavy atom. The summed E-state index contributed by atoms with van der Waals surface area (Å²) in [6.45, 7) is 1.25. The van der Waals surface area contributed by atoms with Gasteiger partial charge in [0.2, 0.25) is 10.0 Å². The molecule has 0 bridgehead atoms. The number of sulfonamides is 1. The van der Waals surface area contributed by atoms with Crippen LogP contribution in [0.1, 0.15) is 12.8 Å². The Hall–Kier alpha value is -1.22. The minimum Gasteiger partial charge on any atom is -0.496 e. The van der Waals surface area contributed by atoms with Crippen LogP contribution in [0.25, 0.3) is 0 Å². The smallest absolute Gasteiger partial charge is 0.248 e. The van der Waals surface area contributed by atoms with Gasteiger partial charge in [-0.3, -0.25) is 0 Å². The average Bonchev–Trinajstić information content (AvgIpc) is 3.05. The summed E-state index contributed by atoms with van der Waals surface area (Å²) in [5, 5.41) is 3.25. The van der Waals surface area contributed by atoms with Gasteiger partial charge in [0, 0.05) is 24.7 Å². The minimum absolute atomic E-state index is 0. The third-order valence-electron chi connectivity index (χ3n) is 3.62. The molecule has 0 saturated carbocycles. The highest BCUT2D eigenvalue weighted by molar-refractivity contribution is 7.89. The van der Waals surface area contributed by atoms with Crippen LogP contribution in [0.3, 0.4) is 0 Å². The van der Waals surface area contributed by atoms with Crippen molar-refractivity contribution in [2.45, 2.75) is 23.8 Å². The molecule has 1 aromatic rings. The Morgan fingerprint density at radius 3 is 2.22 bits per heavy atom. The molecule has 1 aliphatic heterocycles. The lowest BCUT2D eigenvalue weighted by atomic mass is 10.2. The topological polar surface area (TPSA) is 85.9 Å². The van der Waals surface area contributed by atoms with E-state index in [1.165, 1.54) is 33.5 Å². The van der Waals surface area contributed by atoms with Crippen molar-refractivity contribution in [3.63, 3.8) is 0 Å². The van der Waals surface area contributed by atoms with E-state index in [2.05, 4.69) is 10.0 Å². The Balaban J connectivity index is 0.00000264. The van der Waals surface area contributed by atoms with Crippen LogP contribution in [0.2, 0.25) is 0 Å². The first kappa shape index (κ1) is 19.8. The third kappa shape index (κ3) is 4.63. The van der Waals surface area contributed by atoms with Crippen LogP contribution in [0.5, 0.6) is 17.2 Å². The molecule has 1 atom stereocenters. The summed E-state index contributed by atoms with van der Waals surface area (Å²) in [5.74, 6) is 0.830. The predicted molar refractivity (Wildman–Crippen MR) is 89.6 cm³/mol. The minimum atomic E-state index is -3.75. The Labute approximate surface area is 143 Å². The maximum absolute atomic E-state index is 12.6. The van der Waals surface area contributed by atoms with Gasteiger partial charge in [0.15, 0.2) is 4.90 Å². The maximum Gasteiger partial charge on any atom is 0.248 e. The molecule has 9 heteroatoms. The van der Waals surface area contributed by atoms with Crippen LogP contribution in [0.15, 0.2) is 17.0 Å². The summed E-state index contributed by atoms with van der Waals surface area (Å²) in [7, 11) is 0.556. The van der Waals surface area contributed by atoms with Crippen LogP contribution in [0, 0.1) is 0 Å². The summed E-state index contributed by atoms with van der Waals surface area (Å²) < 4.78 is 43.3. The van der Waals surface area contributed by atoms with Gasteiger partial charge in [-0.2, -0.15) is 0 Å². The molecule has 0 spiro atoms. The largest absolute Gasteiger partial charge is 0.496 e. The number of hydrogen-bond acceptors (Lipinski definition) is 6. The summed E-state index contributed by atoms with van der Waals surface area (Å²) >= 11 is 0.